The van der Waals surface area contributed by atoms with Gasteiger partial charge in [-0.3, -0.25) is 0 Å². The molecule has 0 aliphatic rings. The van der Waals surface area contributed by atoms with E-state index in [2.05, 4.69) is 41.0 Å². The van der Waals surface area contributed by atoms with Crippen LogP contribution >= 0.6 is 0 Å². The third-order valence-corrected chi connectivity index (χ3v) is 2.59. The molecule has 0 aliphatic heterocycles. The molecule has 0 atom stereocenters. The van der Waals surface area contributed by atoms with Crippen LogP contribution < -0.4 is 0 Å². The fraction of sp³-hybridized carbons (Fsp3) is 0.917. The quantitative estimate of drug-likeness (QED) is 0.515. The second-order valence-electron chi connectivity index (χ2n) is 4.87. The predicted octanol–water partition coefficient (Wildman–Crippen LogP) is 4.45. The average Bonchev–Trinajstić information content (AvgIpc) is 1.98. The topological polar surface area (TPSA) is 0 Å². The van der Waals surface area contributed by atoms with Gasteiger partial charge in [0.25, 0.3) is 0 Å². The molecule has 0 heterocycles. The molecule has 0 unspecified atom stereocenters. The molecule has 0 rings (SSSR count). The number of hydrogen-bond donors (Lipinski definition) is 0. The van der Waals surface area contributed by atoms with Crippen LogP contribution in [0.25, 0.3) is 0 Å². The lowest BCUT2D eigenvalue weighted by atomic mass is 9.84. The van der Waals surface area contributed by atoms with Crippen molar-refractivity contribution in [1.29, 1.82) is 0 Å². The molecular formula is C12H25. The van der Waals surface area contributed by atoms with Gasteiger partial charge in [-0.1, -0.05) is 53.9 Å². The molecule has 0 aromatic carbocycles. The lowest BCUT2D eigenvalue weighted by Gasteiger charge is -2.21. The Morgan fingerprint density at radius 1 is 1.25 bits per heavy atom. The fourth-order valence-electron chi connectivity index (χ4n) is 1.16. The van der Waals surface area contributed by atoms with Gasteiger partial charge in [0.15, 0.2) is 0 Å². The molecule has 0 aromatic heterocycles. The van der Waals surface area contributed by atoms with E-state index in [0.29, 0.717) is 5.41 Å². The van der Waals surface area contributed by atoms with E-state index in [1.807, 2.05) is 0 Å². The molecular weight excluding hydrogens is 144 g/mol. The van der Waals surface area contributed by atoms with Crippen molar-refractivity contribution in [3.63, 3.8) is 0 Å². The summed E-state index contributed by atoms with van der Waals surface area (Å²) >= 11 is 0. The van der Waals surface area contributed by atoms with Gasteiger partial charge in [-0.2, -0.15) is 0 Å². The van der Waals surface area contributed by atoms with Crippen LogP contribution in [0.5, 0.6) is 0 Å². The van der Waals surface area contributed by atoms with Crippen molar-refractivity contribution >= 4 is 0 Å². The summed E-state index contributed by atoms with van der Waals surface area (Å²) in [6, 6.07) is 0. The highest BCUT2D eigenvalue weighted by atomic mass is 14.2. The molecule has 0 nitrogen and oxygen atoms in total. The van der Waals surface area contributed by atoms with Crippen molar-refractivity contribution in [1.82, 2.24) is 0 Å². The van der Waals surface area contributed by atoms with Crippen molar-refractivity contribution in [2.75, 3.05) is 0 Å². The Bertz CT molecular complexity index is 101. The van der Waals surface area contributed by atoms with E-state index in [1.54, 1.807) is 0 Å². The second kappa shape index (κ2) is 5.61. The van der Waals surface area contributed by atoms with E-state index in [4.69, 9.17) is 0 Å². The standard InChI is InChI=1S/C12H25/c1-6-12(4,5)10-8-7-9-11(2)3/h10-11H,6-9H2,1-5H3. The highest BCUT2D eigenvalue weighted by molar-refractivity contribution is 4.83. The summed E-state index contributed by atoms with van der Waals surface area (Å²) in [5.41, 5.74) is 0.455. The van der Waals surface area contributed by atoms with E-state index in [1.165, 1.54) is 25.7 Å². The van der Waals surface area contributed by atoms with E-state index in [0.717, 1.165) is 5.92 Å². The summed E-state index contributed by atoms with van der Waals surface area (Å²) in [5.74, 6) is 0.864. The van der Waals surface area contributed by atoms with Gasteiger partial charge in [0.2, 0.25) is 0 Å². The Hall–Kier alpha value is 0. The molecule has 0 saturated carbocycles. The monoisotopic (exact) mass is 169 g/mol. The maximum atomic E-state index is 2.48. The van der Waals surface area contributed by atoms with Gasteiger partial charge in [-0.25, -0.2) is 0 Å². The predicted molar refractivity (Wildman–Crippen MR) is 57.1 cm³/mol. The Kier molecular flexibility index (Phi) is 5.61. The number of hydrogen-bond acceptors (Lipinski definition) is 0. The van der Waals surface area contributed by atoms with Gasteiger partial charge in [0, 0.05) is 0 Å². The third-order valence-electron chi connectivity index (χ3n) is 2.59. The molecule has 1 radical (unpaired) electrons. The second-order valence-corrected chi connectivity index (χ2v) is 4.87. The summed E-state index contributed by atoms with van der Waals surface area (Å²) in [6.45, 7) is 11.5. The van der Waals surface area contributed by atoms with Gasteiger partial charge in [-0.15, -0.1) is 0 Å². The minimum absolute atomic E-state index is 0.455. The summed E-state index contributed by atoms with van der Waals surface area (Å²) in [5, 5.41) is 0. The zero-order valence-electron chi connectivity index (χ0n) is 9.48. The van der Waals surface area contributed by atoms with Crippen molar-refractivity contribution in [2.24, 2.45) is 11.3 Å². The highest BCUT2D eigenvalue weighted by Crippen LogP contribution is 2.26. The molecule has 0 aromatic rings. The van der Waals surface area contributed by atoms with E-state index in [9.17, 15) is 0 Å². The van der Waals surface area contributed by atoms with Crippen LogP contribution in [0.2, 0.25) is 0 Å². The van der Waals surface area contributed by atoms with E-state index < -0.39 is 0 Å². The number of rotatable bonds is 6. The Morgan fingerprint density at radius 3 is 2.25 bits per heavy atom. The van der Waals surface area contributed by atoms with Crippen LogP contribution in [0.4, 0.5) is 0 Å². The van der Waals surface area contributed by atoms with Gasteiger partial charge >= 0.3 is 0 Å². The van der Waals surface area contributed by atoms with Gasteiger partial charge < -0.3 is 0 Å². The minimum atomic E-state index is 0.455. The lowest BCUT2D eigenvalue weighted by Crippen LogP contribution is -2.10. The van der Waals surface area contributed by atoms with Crippen LogP contribution in [-0.4, -0.2) is 0 Å². The van der Waals surface area contributed by atoms with Crippen LogP contribution in [-0.2, 0) is 0 Å². The van der Waals surface area contributed by atoms with Gasteiger partial charge in [0.1, 0.15) is 0 Å². The molecule has 0 bridgehead atoms. The Labute approximate surface area is 78.8 Å². The first-order valence-electron chi connectivity index (χ1n) is 5.32. The Balaban J connectivity index is 3.31. The molecule has 0 amide bonds. The van der Waals surface area contributed by atoms with E-state index >= 15 is 0 Å². The highest BCUT2D eigenvalue weighted by Gasteiger charge is 2.14. The molecule has 0 spiro atoms. The van der Waals surface area contributed by atoms with Crippen molar-refractivity contribution < 1.29 is 0 Å². The van der Waals surface area contributed by atoms with Gasteiger partial charge in [-0.05, 0) is 24.2 Å². The first-order valence-corrected chi connectivity index (χ1v) is 5.32. The maximum Gasteiger partial charge on any atom is -0.0326 e. The molecule has 0 aliphatic carbocycles. The molecule has 0 fully saturated rings. The number of unbranched alkanes of at least 4 members (excludes halogenated alkanes) is 1. The Morgan fingerprint density at radius 2 is 1.83 bits per heavy atom. The van der Waals surface area contributed by atoms with Crippen molar-refractivity contribution in [3.05, 3.63) is 6.42 Å². The average molecular weight is 169 g/mol. The normalized spacial score (nSPS) is 12.5. The van der Waals surface area contributed by atoms with Gasteiger partial charge in [0.05, 0.1) is 0 Å². The smallest absolute Gasteiger partial charge is 0.0326 e. The lowest BCUT2D eigenvalue weighted by molar-refractivity contribution is 0.396. The van der Waals surface area contributed by atoms with Crippen LogP contribution in [0.15, 0.2) is 0 Å². The largest absolute Gasteiger partial charge is 0.0649 e. The molecule has 12 heavy (non-hydrogen) atoms. The summed E-state index contributed by atoms with van der Waals surface area (Å²) in [4.78, 5) is 0. The third kappa shape index (κ3) is 6.69. The fourth-order valence-corrected chi connectivity index (χ4v) is 1.16. The zero-order chi connectivity index (χ0) is 9.61. The first-order chi connectivity index (χ1) is 5.48. The molecule has 0 N–H and O–H groups in total. The first kappa shape index (κ1) is 12.0. The molecule has 0 heteroatoms. The van der Waals surface area contributed by atoms with Crippen LogP contribution in [0.3, 0.4) is 0 Å². The maximum absolute atomic E-state index is 2.48. The zero-order valence-corrected chi connectivity index (χ0v) is 9.48. The molecule has 0 saturated heterocycles. The van der Waals surface area contributed by atoms with Crippen LogP contribution in [0, 0.1) is 17.8 Å². The molecule has 73 valence electrons. The summed E-state index contributed by atoms with van der Waals surface area (Å²) in [6.07, 6.45) is 7.76. The van der Waals surface area contributed by atoms with Crippen LogP contribution in [0.1, 0.15) is 60.3 Å². The minimum Gasteiger partial charge on any atom is -0.0649 e. The van der Waals surface area contributed by atoms with Crippen molar-refractivity contribution in [3.8, 4) is 0 Å². The summed E-state index contributed by atoms with van der Waals surface area (Å²) < 4.78 is 0. The SMILES string of the molecule is CCC(C)(C)[CH]CCCC(C)C. The van der Waals surface area contributed by atoms with E-state index in [-0.39, 0.29) is 0 Å². The summed E-state index contributed by atoms with van der Waals surface area (Å²) in [7, 11) is 0. The van der Waals surface area contributed by atoms with Crippen molar-refractivity contribution in [2.45, 2.75) is 60.3 Å².